The number of hydrogen-bond acceptors (Lipinski definition) is 2. The Morgan fingerprint density at radius 3 is 2.10 bits per heavy atom. The van der Waals surface area contributed by atoms with Crippen molar-refractivity contribution in [1.29, 1.82) is 5.26 Å². The number of benzene rings is 1. The highest BCUT2D eigenvalue weighted by Crippen LogP contribution is 2.32. The summed E-state index contributed by atoms with van der Waals surface area (Å²) in [5.41, 5.74) is 1.11. The van der Waals surface area contributed by atoms with Gasteiger partial charge in [0.2, 0.25) is 5.91 Å². The molecule has 0 unspecified atom stereocenters. The maximum atomic E-state index is 12.8. The molecule has 0 atom stereocenters. The van der Waals surface area contributed by atoms with E-state index in [2.05, 4.69) is 6.07 Å². The zero-order chi connectivity index (χ0) is 15.2. The molecule has 1 aromatic carbocycles. The third-order valence-electron chi connectivity index (χ3n) is 3.70. The number of amides is 1. The van der Waals surface area contributed by atoms with Crippen LogP contribution in [-0.2, 0) is 4.79 Å². The third-order valence-corrected chi connectivity index (χ3v) is 3.70. The summed E-state index contributed by atoms with van der Waals surface area (Å²) in [5, 5.41) is 9.55. The van der Waals surface area contributed by atoms with E-state index >= 15 is 0 Å². The molecule has 108 valence electrons. The number of carbonyl (C=O) groups is 1. The summed E-state index contributed by atoms with van der Waals surface area (Å²) in [6.07, 6.45) is 2.90. The van der Waals surface area contributed by atoms with Gasteiger partial charge in [0, 0.05) is 12.7 Å². The molecule has 1 rings (SSSR count). The minimum atomic E-state index is -0.886. The van der Waals surface area contributed by atoms with Gasteiger partial charge in [0.15, 0.2) is 0 Å². The molecule has 0 saturated heterocycles. The van der Waals surface area contributed by atoms with E-state index in [1.165, 1.54) is 0 Å². The Hall–Kier alpha value is -1.82. The maximum Gasteiger partial charge on any atom is 0.247 e. The van der Waals surface area contributed by atoms with Crippen molar-refractivity contribution in [3.63, 3.8) is 0 Å². The van der Waals surface area contributed by atoms with Gasteiger partial charge in [0.1, 0.15) is 5.41 Å². The second-order valence-corrected chi connectivity index (χ2v) is 5.39. The lowest BCUT2D eigenvalue weighted by molar-refractivity contribution is -0.125. The fourth-order valence-electron chi connectivity index (χ4n) is 2.56. The van der Waals surface area contributed by atoms with Crippen molar-refractivity contribution >= 4 is 11.6 Å². The van der Waals surface area contributed by atoms with Gasteiger partial charge in [-0.05, 0) is 31.9 Å². The van der Waals surface area contributed by atoms with Crippen LogP contribution in [0.15, 0.2) is 24.3 Å². The van der Waals surface area contributed by atoms with Crippen LogP contribution < -0.4 is 4.90 Å². The van der Waals surface area contributed by atoms with Gasteiger partial charge in [0.25, 0.3) is 0 Å². The molecule has 0 fully saturated rings. The van der Waals surface area contributed by atoms with Crippen molar-refractivity contribution in [2.45, 2.75) is 46.5 Å². The quantitative estimate of drug-likeness (QED) is 0.783. The Bertz CT molecular complexity index is 479. The molecule has 0 heterocycles. The van der Waals surface area contributed by atoms with Crippen LogP contribution in [0.5, 0.6) is 0 Å². The smallest absolute Gasteiger partial charge is 0.247 e. The summed E-state index contributed by atoms with van der Waals surface area (Å²) in [6, 6.07) is 10.1. The molecule has 0 spiro atoms. The molecule has 0 aliphatic heterocycles. The molecule has 1 amide bonds. The summed E-state index contributed by atoms with van der Waals surface area (Å²) >= 11 is 0. The van der Waals surface area contributed by atoms with Crippen molar-refractivity contribution in [1.82, 2.24) is 0 Å². The van der Waals surface area contributed by atoms with E-state index < -0.39 is 5.41 Å². The van der Waals surface area contributed by atoms with Gasteiger partial charge in [-0.3, -0.25) is 4.79 Å². The first-order valence-electron chi connectivity index (χ1n) is 7.26. The summed E-state index contributed by atoms with van der Waals surface area (Å²) < 4.78 is 0. The average molecular weight is 272 g/mol. The van der Waals surface area contributed by atoms with Crippen LogP contribution in [0.2, 0.25) is 0 Å². The molecule has 0 aliphatic carbocycles. The largest absolute Gasteiger partial charge is 0.314 e. The van der Waals surface area contributed by atoms with Crippen molar-refractivity contribution in [2.75, 3.05) is 11.9 Å². The second-order valence-electron chi connectivity index (χ2n) is 5.39. The van der Waals surface area contributed by atoms with Crippen LogP contribution in [-0.4, -0.2) is 13.0 Å². The number of anilines is 1. The molecular formula is C17H24N2O. The van der Waals surface area contributed by atoms with Gasteiger partial charge in [0.05, 0.1) is 6.07 Å². The van der Waals surface area contributed by atoms with Gasteiger partial charge >= 0.3 is 0 Å². The molecule has 0 aromatic heterocycles. The molecule has 3 heteroatoms. The van der Waals surface area contributed by atoms with Crippen LogP contribution in [0.3, 0.4) is 0 Å². The highest BCUT2D eigenvalue weighted by molar-refractivity contribution is 5.98. The minimum absolute atomic E-state index is 0.0902. The number of nitriles is 1. The highest BCUT2D eigenvalue weighted by Gasteiger charge is 2.39. The van der Waals surface area contributed by atoms with Gasteiger partial charge < -0.3 is 4.90 Å². The first-order chi connectivity index (χ1) is 9.50. The molecule has 1 aromatic rings. The monoisotopic (exact) mass is 272 g/mol. The molecule has 3 nitrogen and oxygen atoms in total. The normalized spacial score (nSPS) is 10.9. The molecule has 20 heavy (non-hydrogen) atoms. The fraction of sp³-hybridized carbons (Fsp3) is 0.529. The van der Waals surface area contributed by atoms with E-state index in [0.29, 0.717) is 12.8 Å². The lowest BCUT2D eigenvalue weighted by Gasteiger charge is -2.30. The molecule has 0 bridgehead atoms. The van der Waals surface area contributed by atoms with E-state index in [4.69, 9.17) is 0 Å². The molecule has 0 radical (unpaired) electrons. The van der Waals surface area contributed by atoms with Gasteiger partial charge in [-0.25, -0.2) is 0 Å². The van der Waals surface area contributed by atoms with Crippen molar-refractivity contribution in [2.24, 2.45) is 5.41 Å². The van der Waals surface area contributed by atoms with Crippen LogP contribution in [0, 0.1) is 23.7 Å². The summed E-state index contributed by atoms with van der Waals surface area (Å²) in [5.74, 6) is -0.0902. The van der Waals surface area contributed by atoms with E-state index in [1.807, 2.05) is 45.0 Å². The standard InChI is InChI=1S/C17H24N2O/c1-5-11-17(13-18,12-6-2)16(20)19(4)15-9-7-14(3)8-10-15/h7-10H,5-6,11-12H2,1-4H3. The number of hydrogen-bond donors (Lipinski definition) is 0. The lowest BCUT2D eigenvalue weighted by Crippen LogP contribution is -2.41. The van der Waals surface area contributed by atoms with Gasteiger partial charge in [-0.15, -0.1) is 0 Å². The maximum absolute atomic E-state index is 12.8. The molecule has 0 N–H and O–H groups in total. The van der Waals surface area contributed by atoms with Crippen molar-refractivity contribution < 1.29 is 4.79 Å². The first-order valence-corrected chi connectivity index (χ1v) is 7.26. The zero-order valence-electron chi connectivity index (χ0n) is 12.9. The number of nitrogens with zero attached hydrogens (tertiary/aromatic N) is 2. The predicted octanol–water partition coefficient (Wildman–Crippen LogP) is 4.07. The number of carbonyl (C=O) groups excluding carboxylic acids is 1. The topological polar surface area (TPSA) is 44.1 Å². The zero-order valence-corrected chi connectivity index (χ0v) is 12.9. The lowest BCUT2D eigenvalue weighted by atomic mass is 9.79. The van der Waals surface area contributed by atoms with Crippen LogP contribution in [0.4, 0.5) is 5.69 Å². The fourth-order valence-corrected chi connectivity index (χ4v) is 2.56. The first kappa shape index (κ1) is 16.2. The summed E-state index contributed by atoms with van der Waals surface area (Å²) in [4.78, 5) is 14.4. The van der Waals surface area contributed by atoms with E-state index in [0.717, 1.165) is 24.1 Å². The van der Waals surface area contributed by atoms with Gasteiger partial charge in [-0.1, -0.05) is 44.4 Å². The van der Waals surface area contributed by atoms with Crippen LogP contribution in [0.1, 0.15) is 45.1 Å². The number of aryl methyl sites for hydroxylation is 1. The molecule has 0 aliphatic rings. The average Bonchev–Trinajstić information content (AvgIpc) is 2.46. The minimum Gasteiger partial charge on any atom is -0.314 e. The van der Waals surface area contributed by atoms with E-state index in [-0.39, 0.29) is 5.91 Å². The third kappa shape index (κ3) is 3.39. The Balaban J connectivity index is 3.05. The van der Waals surface area contributed by atoms with Crippen LogP contribution in [0.25, 0.3) is 0 Å². The summed E-state index contributed by atoms with van der Waals surface area (Å²) in [7, 11) is 1.75. The van der Waals surface area contributed by atoms with E-state index in [1.54, 1.807) is 11.9 Å². The van der Waals surface area contributed by atoms with Crippen molar-refractivity contribution in [3.8, 4) is 6.07 Å². The Morgan fingerprint density at radius 1 is 1.20 bits per heavy atom. The second kappa shape index (κ2) is 7.09. The Morgan fingerprint density at radius 2 is 1.70 bits per heavy atom. The summed E-state index contributed by atoms with van der Waals surface area (Å²) in [6.45, 7) is 6.04. The van der Waals surface area contributed by atoms with E-state index in [9.17, 15) is 10.1 Å². The van der Waals surface area contributed by atoms with Crippen molar-refractivity contribution in [3.05, 3.63) is 29.8 Å². The Kier molecular flexibility index (Phi) is 5.76. The van der Waals surface area contributed by atoms with Crippen LogP contribution >= 0.6 is 0 Å². The highest BCUT2D eigenvalue weighted by atomic mass is 16.2. The van der Waals surface area contributed by atoms with Gasteiger partial charge in [-0.2, -0.15) is 5.26 Å². The number of rotatable bonds is 6. The predicted molar refractivity (Wildman–Crippen MR) is 82.5 cm³/mol. The Labute approximate surface area is 122 Å². The molecule has 0 saturated carbocycles. The molecular weight excluding hydrogens is 248 g/mol. The SMILES string of the molecule is CCCC(C#N)(CCC)C(=O)N(C)c1ccc(C)cc1.